The van der Waals surface area contributed by atoms with Crippen LogP contribution in [0.15, 0.2) is 0 Å². The molecule has 1 aliphatic rings. The largest absolute Gasteiger partial charge is 0.339 e. The molecule has 82 valence electrons. The number of carbonyl (C=O) groups excluding carboxylic acids is 1. The third kappa shape index (κ3) is 1.96. The lowest BCUT2D eigenvalue weighted by Gasteiger charge is -2.11. The van der Waals surface area contributed by atoms with E-state index in [9.17, 15) is 4.79 Å². The van der Waals surface area contributed by atoms with Crippen molar-refractivity contribution in [1.82, 2.24) is 9.97 Å². The second kappa shape index (κ2) is 4.17. The molecule has 1 aliphatic carbocycles. The third-order valence-electron chi connectivity index (χ3n) is 3.20. The molecule has 2 rings (SSSR count). The predicted octanol–water partition coefficient (Wildman–Crippen LogP) is 3.00. The molecule has 0 saturated heterocycles. The third-order valence-corrected chi connectivity index (χ3v) is 3.20. The first-order chi connectivity index (χ1) is 7.22. The molecule has 1 N–H and O–H groups in total. The van der Waals surface area contributed by atoms with Crippen molar-refractivity contribution in [3.63, 3.8) is 0 Å². The van der Waals surface area contributed by atoms with Gasteiger partial charge in [-0.15, -0.1) is 0 Å². The molecule has 1 saturated carbocycles. The van der Waals surface area contributed by atoms with Gasteiger partial charge < -0.3 is 4.98 Å². The van der Waals surface area contributed by atoms with Crippen LogP contribution in [-0.2, 0) is 0 Å². The lowest BCUT2D eigenvalue weighted by molar-refractivity contribution is 0.111. The maximum atomic E-state index is 10.7. The molecule has 1 fully saturated rings. The molecule has 0 bridgehead atoms. The highest BCUT2D eigenvalue weighted by atomic mass is 16.1. The van der Waals surface area contributed by atoms with Gasteiger partial charge in [0.1, 0.15) is 0 Å². The summed E-state index contributed by atoms with van der Waals surface area (Å²) < 4.78 is 0. The second-order valence-corrected chi connectivity index (χ2v) is 4.67. The van der Waals surface area contributed by atoms with Crippen LogP contribution >= 0.6 is 0 Å². The van der Waals surface area contributed by atoms with E-state index in [0.29, 0.717) is 17.7 Å². The molecule has 1 aromatic heterocycles. The number of aromatic nitrogens is 2. The van der Waals surface area contributed by atoms with Crippen molar-refractivity contribution in [2.45, 2.75) is 51.4 Å². The Hall–Kier alpha value is -1.12. The smallest absolute Gasteiger partial charge is 0.185 e. The molecular weight excluding hydrogens is 188 g/mol. The fourth-order valence-corrected chi connectivity index (χ4v) is 2.44. The van der Waals surface area contributed by atoms with Crippen LogP contribution < -0.4 is 0 Å². The number of imidazole rings is 1. The number of carbonyl (C=O) groups is 1. The van der Waals surface area contributed by atoms with Gasteiger partial charge in [0.05, 0.1) is 5.69 Å². The van der Waals surface area contributed by atoms with Gasteiger partial charge in [0.25, 0.3) is 0 Å². The average Bonchev–Trinajstić information content (AvgIpc) is 2.86. The van der Waals surface area contributed by atoms with Crippen LogP contribution in [0.4, 0.5) is 0 Å². The van der Waals surface area contributed by atoms with Gasteiger partial charge in [0.15, 0.2) is 12.1 Å². The highest BCUT2D eigenvalue weighted by molar-refractivity contribution is 5.69. The zero-order valence-electron chi connectivity index (χ0n) is 9.42. The summed E-state index contributed by atoms with van der Waals surface area (Å²) in [4.78, 5) is 18.2. The van der Waals surface area contributed by atoms with E-state index in [1.165, 1.54) is 31.4 Å². The summed E-state index contributed by atoms with van der Waals surface area (Å²) >= 11 is 0. The van der Waals surface area contributed by atoms with Crippen LogP contribution in [-0.4, -0.2) is 16.3 Å². The predicted molar refractivity (Wildman–Crippen MR) is 59.3 cm³/mol. The van der Waals surface area contributed by atoms with Crippen LogP contribution in [0.3, 0.4) is 0 Å². The highest BCUT2D eigenvalue weighted by Gasteiger charge is 2.24. The Labute approximate surface area is 90.3 Å². The quantitative estimate of drug-likeness (QED) is 0.773. The fraction of sp³-hybridized carbons (Fsp3) is 0.667. The Morgan fingerprint density at radius 2 is 2.07 bits per heavy atom. The molecule has 1 heterocycles. The van der Waals surface area contributed by atoms with E-state index in [-0.39, 0.29) is 0 Å². The number of hydrogen-bond donors (Lipinski definition) is 1. The monoisotopic (exact) mass is 206 g/mol. The number of aromatic amines is 1. The van der Waals surface area contributed by atoms with E-state index in [2.05, 4.69) is 23.8 Å². The van der Waals surface area contributed by atoms with Gasteiger partial charge in [-0.1, -0.05) is 26.7 Å². The van der Waals surface area contributed by atoms with Crippen molar-refractivity contribution < 1.29 is 4.79 Å². The van der Waals surface area contributed by atoms with E-state index in [1.54, 1.807) is 0 Å². The molecule has 0 radical (unpaired) electrons. The summed E-state index contributed by atoms with van der Waals surface area (Å²) in [6, 6.07) is 0. The number of H-pyrrole nitrogens is 1. The Morgan fingerprint density at radius 3 is 2.60 bits per heavy atom. The number of nitrogens with zero attached hydrogens (tertiary/aromatic N) is 1. The lowest BCUT2D eigenvalue weighted by Crippen LogP contribution is -2.00. The van der Waals surface area contributed by atoms with E-state index in [1.807, 2.05) is 0 Å². The van der Waals surface area contributed by atoms with Crippen molar-refractivity contribution in [2.75, 3.05) is 0 Å². The Balaban J connectivity index is 2.34. The molecule has 0 amide bonds. The van der Waals surface area contributed by atoms with Gasteiger partial charge >= 0.3 is 0 Å². The second-order valence-electron chi connectivity index (χ2n) is 4.67. The lowest BCUT2D eigenvalue weighted by atomic mass is 9.97. The van der Waals surface area contributed by atoms with E-state index in [0.717, 1.165) is 12.0 Å². The van der Waals surface area contributed by atoms with E-state index >= 15 is 0 Å². The summed E-state index contributed by atoms with van der Waals surface area (Å²) in [5.74, 6) is 1.48. The van der Waals surface area contributed by atoms with Crippen LogP contribution in [0.5, 0.6) is 0 Å². The summed E-state index contributed by atoms with van der Waals surface area (Å²) in [7, 11) is 0. The topological polar surface area (TPSA) is 45.8 Å². The van der Waals surface area contributed by atoms with Gasteiger partial charge in [-0.2, -0.15) is 0 Å². The Bertz CT molecular complexity index is 349. The molecule has 0 unspecified atom stereocenters. The minimum absolute atomic E-state index is 0.394. The first-order valence-corrected chi connectivity index (χ1v) is 5.77. The van der Waals surface area contributed by atoms with Crippen molar-refractivity contribution in [3.8, 4) is 0 Å². The number of nitrogens with one attached hydrogen (secondary N) is 1. The molecule has 3 heteroatoms. The number of hydrogen-bond acceptors (Lipinski definition) is 2. The molecule has 0 aliphatic heterocycles. The van der Waals surface area contributed by atoms with Gasteiger partial charge in [-0.05, 0) is 18.8 Å². The van der Waals surface area contributed by atoms with Gasteiger partial charge in [0, 0.05) is 11.6 Å². The summed E-state index contributed by atoms with van der Waals surface area (Å²) in [5, 5.41) is 0. The molecule has 1 aromatic rings. The van der Waals surface area contributed by atoms with Crippen LogP contribution in [0.2, 0.25) is 0 Å². The first kappa shape index (κ1) is 10.4. The van der Waals surface area contributed by atoms with Crippen molar-refractivity contribution >= 4 is 6.29 Å². The molecule has 3 nitrogen and oxygen atoms in total. The van der Waals surface area contributed by atoms with Gasteiger partial charge in [0.2, 0.25) is 0 Å². The van der Waals surface area contributed by atoms with Crippen LogP contribution in [0.1, 0.15) is 73.4 Å². The minimum Gasteiger partial charge on any atom is -0.339 e. The van der Waals surface area contributed by atoms with Gasteiger partial charge in [-0.25, -0.2) is 4.98 Å². The molecule has 0 spiro atoms. The number of aldehydes is 1. The van der Waals surface area contributed by atoms with Crippen molar-refractivity contribution in [1.29, 1.82) is 0 Å². The summed E-state index contributed by atoms with van der Waals surface area (Å²) in [5.41, 5.74) is 2.30. The van der Waals surface area contributed by atoms with Crippen molar-refractivity contribution in [2.24, 2.45) is 0 Å². The zero-order chi connectivity index (χ0) is 10.8. The van der Waals surface area contributed by atoms with E-state index < -0.39 is 0 Å². The Morgan fingerprint density at radius 1 is 1.40 bits per heavy atom. The highest BCUT2D eigenvalue weighted by Crippen LogP contribution is 2.36. The normalized spacial score (nSPS) is 17.5. The SMILES string of the molecule is CC(C)c1nc(C=O)[nH]c1C1CCCC1. The van der Waals surface area contributed by atoms with Crippen LogP contribution in [0, 0.1) is 0 Å². The maximum absolute atomic E-state index is 10.7. The van der Waals surface area contributed by atoms with Gasteiger partial charge in [-0.3, -0.25) is 4.79 Å². The molecule has 15 heavy (non-hydrogen) atoms. The molecule has 0 aromatic carbocycles. The van der Waals surface area contributed by atoms with Crippen LogP contribution in [0.25, 0.3) is 0 Å². The summed E-state index contributed by atoms with van der Waals surface area (Å²) in [6.07, 6.45) is 5.89. The zero-order valence-corrected chi connectivity index (χ0v) is 9.42. The van der Waals surface area contributed by atoms with E-state index in [4.69, 9.17) is 0 Å². The Kier molecular flexibility index (Phi) is 2.89. The maximum Gasteiger partial charge on any atom is 0.185 e. The average molecular weight is 206 g/mol. The molecule has 0 atom stereocenters. The molecular formula is C12H18N2O. The number of rotatable bonds is 3. The standard InChI is InChI=1S/C12H18N2O/c1-8(2)11-12(9-5-3-4-6-9)14-10(7-15)13-11/h7-9H,3-6H2,1-2H3,(H,13,14). The first-order valence-electron chi connectivity index (χ1n) is 5.77. The van der Waals surface area contributed by atoms with Crippen molar-refractivity contribution in [3.05, 3.63) is 17.2 Å². The minimum atomic E-state index is 0.394. The summed E-state index contributed by atoms with van der Waals surface area (Å²) in [6.45, 7) is 4.26. The fourth-order valence-electron chi connectivity index (χ4n) is 2.44.